The van der Waals surface area contributed by atoms with E-state index in [4.69, 9.17) is 9.73 Å². The van der Waals surface area contributed by atoms with Crippen LogP contribution in [-0.4, -0.2) is 65.1 Å². The molecule has 3 amide bonds. The van der Waals surface area contributed by atoms with Gasteiger partial charge in [0.05, 0.1) is 37.6 Å². The van der Waals surface area contributed by atoms with Crippen molar-refractivity contribution >= 4 is 51.7 Å². The molecule has 2 saturated heterocycles. The maximum absolute atomic E-state index is 13.8. The number of nitrogens with zero attached hydrogens (tertiary/aromatic N) is 4. The van der Waals surface area contributed by atoms with Gasteiger partial charge in [0, 0.05) is 30.7 Å². The summed E-state index contributed by atoms with van der Waals surface area (Å²) in [6, 6.07) is 29.5. The number of pyridine rings is 1. The van der Waals surface area contributed by atoms with Crippen LogP contribution in [0.1, 0.15) is 29.0 Å². The number of aromatic nitrogens is 1. The van der Waals surface area contributed by atoms with Gasteiger partial charge < -0.3 is 20.3 Å². The van der Waals surface area contributed by atoms with Crippen molar-refractivity contribution in [2.24, 2.45) is 4.99 Å². The lowest BCUT2D eigenvalue weighted by Crippen LogP contribution is -2.42. The molecule has 1 unspecified atom stereocenters. The minimum Gasteiger partial charge on any atom is -0.378 e. The van der Waals surface area contributed by atoms with Crippen LogP contribution in [0.15, 0.2) is 108 Å². The van der Waals surface area contributed by atoms with E-state index in [1.165, 1.54) is 11.8 Å². The zero-order chi connectivity index (χ0) is 32.6. The Kier molecular flexibility index (Phi) is 10.2. The normalized spacial score (nSPS) is 17.9. The van der Waals surface area contributed by atoms with Crippen LogP contribution < -0.4 is 15.5 Å². The first-order valence-electron chi connectivity index (χ1n) is 15.6. The molecular weight excluding hydrogens is 613 g/mol. The molecule has 1 aromatic heterocycles. The van der Waals surface area contributed by atoms with Crippen LogP contribution in [0.5, 0.6) is 0 Å². The van der Waals surface area contributed by atoms with Crippen molar-refractivity contribution in [2.45, 2.75) is 31.2 Å². The van der Waals surface area contributed by atoms with E-state index in [2.05, 4.69) is 32.7 Å². The fourth-order valence-corrected chi connectivity index (χ4v) is 6.52. The Morgan fingerprint density at radius 3 is 2.38 bits per heavy atom. The minimum atomic E-state index is -0.722. The van der Waals surface area contributed by atoms with E-state index in [1.807, 2.05) is 72.8 Å². The molecule has 2 aliphatic heterocycles. The van der Waals surface area contributed by atoms with Crippen molar-refractivity contribution < 1.29 is 19.1 Å². The number of thioether (sulfide) groups is 1. The Hall–Kier alpha value is -5.00. The van der Waals surface area contributed by atoms with Gasteiger partial charge in [-0.05, 0) is 66.6 Å². The van der Waals surface area contributed by atoms with Gasteiger partial charge in [0.2, 0.25) is 17.7 Å². The number of rotatable bonds is 10. The molecule has 0 spiro atoms. The number of hydrogen-bond acceptors (Lipinski definition) is 8. The molecule has 3 heterocycles. The van der Waals surface area contributed by atoms with Gasteiger partial charge in [0.15, 0.2) is 5.17 Å². The van der Waals surface area contributed by atoms with Crippen molar-refractivity contribution in [3.05, 3.63) is 120 Å². The van der Waals surface area contributed by atoms with Gasteiger partial charge in [-0.2, -0.15) is 0 Å². The number of aliphatic imine (C=N–C) groups is 1. The van der Waals surface area contributed by atoms with Crippen molar-refractivity contribution in [3.63, 3.8) is 0 Å². The van der Waals surface area contributed by atoms with Gasteiger partial charge in [-0.1, -0.05) is 60.3 Å². The van der Waals surface area contributed by atoms with Crippen LogP contribution in [0.3, 0.4) is 0 Å². The van der Waals surface area contributed by atoms with Crippen LogP contribution in [0.4, 0.5) is 17.1 Å². The second kappa shape index (κ2) is 15.1. The summed E-state index contributed by atoms with van der Waals surface area (Å²) >= 11 is 1.40. The smallest absolute Gasteiger partial charge is 0.247 e. The highest BCUT2D eigenvalue weighted by Gasteiger charge is 2.39. The van der Waals surface area contributed by atoms with Gasteiger partial charge in [0.1, 0.15) is 11.3 Å². The number of hydrogen-bond donors (Lipinski definition) is 2. The van der Waals surface area contributed by atoms with Gasteiger partial charge in [-0.25, -0.2) is 4.99 Å². The van der Waals surface area contributed by atoms with E-state index >= 15 is 0 Å². The van der Waals surface area contributed by atoms with Crippen LogP contribution in [0.2, 0.25) is 0 Å². The molecule has 2 aliphatic rings. The third-order valence-corrected chi connectivity index (χ3v) is 9.13. The van der Waals surface area contributed by atoms with E-state index in [1.54, 1.807) is 30.2 Å². The van der Waals surface area contributed by atoms with Gasteiger partial charge >= 0.3 is 0 Å². The second-order valence-electron chi connectivity index (χ2n) is 11.3. The Morgan fingerprint density at radius 1 is 0.957 bits per heavy atom. The highest BCUT2D eigenvalue weighted by molar-refractivity contribution is 8.15. The number of anilines is 2. The number of carbonyl (C=O) groups is 3. The average molecular weight is 649 g/mol. The molecule has 0 aliphatic carbocycles. The maximum atomic E-state index is 13.8. The van der Waals surface area contributed by atoms with Crippen molar-refractivity contribution in [3.8, 4) is 0 Å². The monoisotopic (exact) mass is 648 g/mol. The largest absolute Gasteiger partial charge is 0.378 e. The zero-order valence-corrected chi connectivity index (χ0v) is 26.9. The van der Waals surface area contributed by atoms with E-state index in [0.29, 0.717) is 30.6 Å². The fraction of sp³-hybridized carbons (Fsp3) is 0.250. The van der Waals surface area contributed by atoms with E-state index in [0.717, 1.165) is 41.3 Å². The summed E-state index contributed by atoms with van der Waals surface area (Å²) in [5.74, 6) is -0.649. The Labute approximate surface area is 278 Å². The number of carbonyl (C=O) groups excluding carboxylic acids is 3. The minimum absolute atomic E-state index is 0.0872. The summed E-state index contributed by atoms with van der Waals surface area (Å²) in [6.45, 7) is 5.08. The van der Waals surface area contributed by atoms with Crippen LogP contribution in [0.25, 0.3) is 0 Å². The predicted molar refractivity (Wildman–Crippen MR) is 185 cm³/mol. The SMILES string of the molecule is C[C@H](NC(=O)Cc1ccccc1)C(=O)Nc1ccc(C2SC(=Nc3ccc(N4CCOCC4)cc3)N(Cc3ccccn3)C2=O)cc1. The predicted octanol–water partition coefficient (Wildman–Crippen LogP) is 5.11. The lowest BCUT2D eigenvalue weighted by Gasteiger charge is -2.28. The Balaban J connectivity index is 1.13. The number of amides is 3. The zero-order valence-electron chi connectivity index (χ0n) is 26.0. The molecule has 2 fully saturated rings. The number of nitrogens with one attached hydrogen (secondary N) is 2. The van der Waals surface area contributed by atoms with Gasteiger partial charge in [-0.15, -0.1) is 0 Å². The second-order valence-corrected chi connectivity index (χ2v) is 12.4. The molecule has 47 heavy (non-hydrogen) atoms. The number of amidine groups is 1. The van der Waals surface area contributed by atoms with Gasteiger partial charge in [0.25, 0.3) is 0 Å². The first-order chi connectivity index (χ1) is 22.9. The molecule has 2 atom stereocenters. The van der Waals surface area contributed by atoms with Crippen LogP contribution in [-0.2, 0) is 32.1 Å². The van der Waals surface area contributed by atoms with Crippen molar-refractivity contribution in [1.29, 1.82) is 0 Å². The Morgan fingerprint density at radius 2 is 1.68 bits per heavy atom. The topological polar surface area (TPSA) is 116 Å². The van der Waals surface area contributed by atoms with Crippen LogP contribution >= 0.6 is 11.8 Å². The molecule has 6 rings (SSSR count). The number of morpholine rings is 1. The molecule has 10 nitrogen and oxygen atoms in total. The average Bonchev–Trinajstić information content (AvgIpc) is 3.40. The third-order valence-electron chi connectivity index (χ3n) is 7.90. The van der Waals surface area contributed by atoms with Crippen LogP contribution in [0, 0.1) is 0 Å². The molecule has 0 saturated carbocycles. The van der Waals surface area contributed by atoms with E-state index in [-0.39, 0.29) is 24.1 Å². The fourth-order valence-electron chi connectivity index (χ4n) is 5.35. The molecular formula is C36H36N6O4S. The summed E-state index contributed by atoms with van der Waals surface area (Å²) in [5, 5.41) is 5.69. The molecule has 0 radical (unpaired) electrons. The molecule has 3 aromatic carbocycles. The molecule has 2 N–H and O–H groups in total. The van der Waals surface area contributed by atoms with E-state index < -0.39 is 11.3 Å². The van der Waals surface area contributed by atoms with Crippen molar-refractivity contribution in [1.82, 2.24) is 15.2 Å². The molecule has 240 valence electrons. The van der Waals surface area contributed by atoms with E-state index in [9.17, 15) is 14.4 Å². The quantitative estimate of drug-likeness (QED) is 0.246. The summed E-state index contributed by atoms with van der Waals surface area (Å²) in [4.78, 5) is 52.4. The molecule has 11 heteroatoms. The lowest BCUT2D eigenvalue weighted by molar-refractivity contribution is -0.126. The summed E-state index contributed by atoms with van der Waals surface area (Å²) < 4.78 is 5.47. The summed E-state index contributed by atoms with van der Waals surface area (Å²) in [6.07, 6.45) is 1.91. The standard InChI is InChI=1S/C36H36N6O4S/c1-25(38-32(43)23-26-7-3-2-4-8-26)34(44)39-28-12-10-27(11-13-28)33-35(45)42(24-30-9-5-6-18-37-30)36(47-33)40-29-14-16-31(17-15-29)41-19-21-46-22-20-41/h2-18,25,33H,19-24H2,1H3,(H,38,43)(H,39,44)/t25-,33?/m0/s1. The number of ether oxygens (including phenoxy) is 1. The highest BCUT2D eigenvalue weighted by atomic mass is 32.2. The maximum Gasteiger partial charge on any atom is 0.247 e. The first kappa shape index (κ1) is 32.0. The molecule has 0 bridgehead atoms. The first-order valence-corrected chi connectivity index (χ1v) is 16.4. The third kappa shape index (κ3) is 8.24. The Bertz CT molecular complexity index is 1710. The highest BCUT2D eigenvalue weighted by Crippen LogP contribution is 2.41. The number of benzene rings is 3. The lowest BCUT2D eigenvalue weighted by atomic mass is 10.1. The van der Waals surface area contributed by atoms with Crippen molar-refractivity contribution in [2.75, 3.05) is 36.5 Å². The summed E-state index contributed by atoms with van der Waals surface area (Å²) in [7, 11) is 0. The molecule has 4 aromatic rings. The van der Waals surface area contributed by atoms with Gasteiger partial charge in [-0.3, -0.25) is 24.3 Å². The summed E-state index contributed by atoms with van der Waals surface area (Å²) in [5.41, 5.74) is 4.87.